The molecule has 3 aromatic heterocycles. The van der Waals surface area contributed by atoms with Gasteiger partial charge in [0, 0.05) is 49.1 Å². The van der Waals surface area contributed by atoms with Crippen LogP contribution in [0.2, 0.25) is 0 Å². The van der Waals surface area contributed by atoms with E-state index in [1.54, 1.807) is 18.6 Å². The summed E-state index contributed by atoms with van der Waals surface area (Å²) in [5.41, 5.74) is 3.02. The Bertz CT molecular complexity index is 885. The fourth-order valence-electron chi connectivity index (χ4n) is 3.44. The van der Waals surface area contributed by atoms with E-state index >= 15 is 0 Å². The molecule has 1 N–H and O–H groups in total. The SMILES string of the molecule is O=C(CCn1c(-c2ccncc2)cc2cccnc21)NC1CCCOC1. The molecule has 6 heteroatoms. The largest absolute Gasteiger partial charge is 0.379 e. The second kappa shape index (κ2) is 7.66. The number of amides is 1. The van der Waals surface area contributed by atoms with Crippen LogP contribution in [-0.4, -0.2) is 39.7 Å². The smallest absolute Gasteiger partial charge is 0.222 e. The van der Waals surface area contributed by atoms with E-state index in [4.69, 9.17) is 4.74 Å². The predicted molar refractivity (Wildman–Crippen MR) is 99.6 cm³/mol. The zero-order chi connectivity index (χ0) is 17.8. The van der Waals surface area contributed by atoms with Crippen molar-refractivity contribution in [2.45, 2.75) is 31.8 Å². The van der Waals surface area contributed by atoms with Crippen molar-refractivity contribution < 1.29 is 9.53 Å². The van der Waals surface area contributed by atoms with Gasteiger partial charge in [-0.1, -0.05) is 0 Å². The Hall–Kier alpha value is -2.73. The van der Waals surface area contributed by atoms with Crippen molar-refractivity contribution in [2.24, 2.45) is 0 Å². The minimum Gasteiger partial charge on any atom is -0.379 e. The van der Waals surface area contributed by atoms with Crippen LogP contribution in [0.5, 0.6) is 0 Å². The van der Waals surface area contributed by atoms with Gasteiger partial charge in [0.05, 0.1) is 18.3 Å². The minimum absolute atomic E-state index is 0.0546. The molecule has 4 rings (SSSR count). The summed E-state index contributed by atoms with van der Waals surface area (Å²) in [5.74, 6) is 0.0546. The Kier molecular flexibility index (Phi) is 4.93. The van der Waals surface area contributed by atoms with Crippen molar-refractivity contribution in [3.63, 3.8) is 0 Å². The number of carbonyl (C=O) groups is 1. The molecule has 1 atom stereocenters. The van der Waals surface area contributed by atoms with Gasteiger partial charge in [-0.05, 0) is 43.2 Å². The highest BCUT2D eigenvalue weighted by Crippen LogP contribution is 2.27. The molecule has 1 unspecified atom stereocenters. The van der Waals surface area contributed by atoms with Crippen LogP contribution >= 0.6 is 0 Å². The molecule has 0 aliphatic carbocycles. The van der Waals surface area contributed by atoms with Gasteiger partial charge in [0.25, 0.3) is 0 Å². The number of rotatable bonds is 5. The molecule has 26 heavy (non-hydrogen) atoms. The number of fused-ring (bicyclic) bond motifs is 1. The minimum atomic E-state index is 0.0546. The molecule has 1 fully saturated rings. The van der Waals surface area contributed by atoms with E-state index in [-0.39, 0.29) is 11.9 Å². The van der Waals surface area contributed by atoms with Gasteiger partial charge in [-0.15, -0.1) is 0 Å². The summed E-state index contributed by atoms with van der Waals surface area (Å²) in [6.45, 7) is 1.99. The first-order chi connectivity index (χ1) is 12.8. The fourth-order valence-corrected chi connectivity index (χ4v) is 3.44. The topological polar surface area (TPSA) is 69.0 Å². The lowest BCUT2D eigenvalue weighted by Gasteiger charge is -2.23. The number of hydrogen-bond donors (Lipinski definition) is 1. The van der Waals surface area contributed by atoms with E-state index in [9.17, 15) is 4.79 Å². The van der Waals surface area contributed by atoms with E-state index in [1.165, 1.54) is 0 Å². The highest BCUT2D eigenvalue weighted by Gasteiger charge is 2.17. The van der Waals surface area contributed by atoms with Gasteiger partial charge in [0.15, 0.2) is 0 Å². The molecule has 1 amide bonds. The summed E-state index contributed by atoms with van der Waals surface area (Å²) < 4.78 is 7.54. The van der Waals surface area contributed by atoms with Crippen LogP contribution in [0, 0.1) is 0 Å². The average molecular weight is 350 g/mol. The molecular formula is C20H22N4O2. The van der Waals surface area contributed by atoms with Gasteiger partial charge >= 0.3 is 0 Å². The summed E-state index contributed by atoms with van der Waals surface area (Å²) in [4.78, 5) is 21.0. The summed E-state index contributed by atoms with van der Waals surface area (Å²) in [5, 5.41) is 4.15. The summed E-state index contributed by atoms with van der Waals surface area (Å²) >= 11 is 0. The van der Waals surface area contributed by atoms with E-state index in [0.717, 1.165) is 41.7 Å². The molecule has 0 radical (unpaired) electrons. The standard InChI is InChI=1S/C20H22N4O2/c25-19(23-17-4-2-12-26-14-17)7-11-24-18(15-5-9-21-10-6-15)13-16-3-1-8-22-20(16)24/h1,3,5-6,8-10,13,17H,2,4,7,11-12,14H2,(H,23,25). The highest BCUT2D eigenvalue weighted by molar-refractivity contribution is 5.84. The number of carbonyl (C=O) groups excluding carboxylic acids is 1. The van der Waals surface area contributed by atoms with Crippen molar-refractivity contribution in [2.75, 3.05) is 13.2 Å². The highest BCUT2D eigenvalue weighted by atomic mass is 16.5. The number of nitrogens with zero attached hydrogens (tertiary/aromatic N) is 3. The zero-order valence-electron chi connectivity index (χ0n) is 14.6. The molecule has 1 saturated heterocycles. The van der Waals surface area contributed by atoms with Crippen molar-refractivity contribution in [3.05, 3.63) is 48.9 Å². The Labute approximate surface area is 152 Å². The Morgan fingerprint density at radius 1 is 1.27 bits per heavy atom. The number of hydrogen-bond acceptors (Lipinski definition) is 4. The number of pyridine rings is 2. The van der Waals surface area contributed by atoms with Crippen LogP contribution < -0.4 is 5.32 Å². The summed E-state index contributed by atoms with van der Waals surface area (Å²) in [6.07, 6.45) is 7.75. The van der Waals surface area contributed by atoms with Crippen LogP contribution in [0.3, 0.4) is 0 Å². The first-order valence-corrected chi connectivity index (χ1v) is 9.03. The van der Waals surface area contributed by atoms with E-state index in [2.05, 4.69) is 25.9 Å². The summed E-state index contributed by atoms with van der Waals surface area (Å²) in [6, 6.07) is 10.2. The van der Waals surface area contributed by atoms with Gasteiger partial charge in [0.1, 0.15) is 5.65 Å². The van der Waals surface area contributed by atoms with Crippen LogP contribution in [0.1, 0.15) is 19.3 Å². The molecule has 4 heterocycles. The maximum Gasteiger partial charge on any atom is 0.222 e. The van der Waals surface area contributed by atoms with Gasteiger partial charge < -0.3 is 14.6 Å². The fraction of sp³-hybridized carbons (Fsp3) is 0.350. The lowest BCUT2D eigenvalue weighted by Crippen LogP contribution is -2.40. The maximum atomic E-state index is 12.4. The lowest BCUT2D eigenvalue weighted by molar-refractivity contribution is -0.122. The number of aryl methyl sites for hydroxylation is 1. The third-order valence-corrected chi connectivity index (χ3v) is 4.72. The van der Waals surface area contributed by atoms with Gasteiger partial charge in [-0.3, -0.25) is 9.78 Å². The summed E-state index contributed by atoms with van der Waals surface area (Å²) in [7, 11) is 0. The maximum absolute atomic E-state index is 12.4. The van der Waals surface area contributed by atoms with Crippen LogP contribution in [0.15, 0.2) is 48.9 Å². The quantitative estimate of drug-likeness (QED) is 0.768. The van der Waals surface area contributed by atoms with Crippen LogP contribution in [0.25, 0.3) is 22.3 Å². The molecule has 0 aromatic carbocycles. The number of aromatic nitrogens is 3. The molecule has 0 spiro atoms. The van der Waals surface area contributed by atoms with Crippen molar-refractivity contribution in [3.8, 4) is 11.3 Å². The molecule has 6 nitrogen and oxygen atoms in total. The molecule has 3 aromatic rings. The first kappa shape index (κ1) is 16.7. The molecule has 1 aliphatic rings. The zero-order valence-corrected chi connectivity index (χ0v) is 14.6. The van der Waals surface area contributed by atoms with E-state index in [1.807, 2.05) is 24.3 Å². The first-order valence-electron chi connectivity index (χ1n) is 9.03. The van der Waals surface area contributed by atoms with Gasteiger partial charge in [0.2, 0.25) is 5.91 Å². The van der Waals surface area contributed by atoms with Crippen molar-refractivity contribution in [1.29, 1.82) is 0 Å². The second-order valence-electron chi connectivity index (χ2n) is 6.56. The molecular weight excluding hydrogens is 328 g/mol. The third kappa shape index (κ3) is 3.60. The molecule has 1 aliphatic heterocycles. The number of ether oxygens (including phenoxy) is 1. The second-order valence-corrected chi connectivity index (χ2v) is 6.56. The van der Waals surface area contributed by atoms with E-state index in [0.29, 0.717) is 19.6 Å². The van der Waals surface area contributed by atoms with Gasteiger partial charge in [-0.2, -0.15) is 0 Å². The predicted octanol–water partition coefficient (Wildman–Crippen LogP) is 2.78. The van der Waals surface area contributed by atoms with Crippen molar-refractivity contribution >= 4 is 16.9 Å². The monoisotopic (exact) mass is 350 g/mol. The van der Waals surface area contributed by atoms with Crippen molar-refractivity contribution in [1.82, 2.24) is 19.9 Å². The lowest BCUT2D eigenvalue weighted by atomic mass is 10.1. The Morgan fingerprint density at radius 3 is 2.96 bits per heavy atom. The normalized spacial score (nSPS) is 17.3. The molecule has 0 bridgehead atoms. The van der Waals surface area contributed by atoms with Crippen LogP contribution in [-0.2, 0) is 16.1 Å². The molecule has 0 saturated carbocycles. The Morgan fingerprint density at radius 2 is 2.15 bits per heavy atom. The number of nitrogens with one attached hydrogen (secondary N) is 1. The molecule has 134 valence electrons. The Balaban J connectivity index is 1.54. The average Bonchev–Trinajstić information content (AvgIpc) is 3.06. The van der Waals surface area contributed by atoms with Gasteiger partial charge in [-0.25, -0.2) is 4.98 Å². The third-order valence-electron chi connectivity index (χ3n) is 4.72. The van der Waals surface area contributed by atoms with E-state index < -0.39 is 0 Å². The van der Waals surface area contributed by atoms with Crippen LogP contribution in [0.4, 0.5) is 0 Å².